The lowest BCUT2D eigenvalue weighted by atomic mass is 10.00. The Morgan fingerprint density at radius 3 is 2.37 bits per heavy atom. The number of ether oxygens (including phenoxy) is 2. The SMILES string of the molecule is CCCCCC[C@@](C)(Br)/C(=C/C=O)OC[C@H](NC(=O)OC(C)(C)C)c1ccccc1. The maximum absolute atomic E-state index is 12.3. The van der Waals surface area contributed by atoms with Crippen LogP contribution in [-0.4, -0.2) is 28.9 Å². The number of nitrogens with one attached hydrogen (secondary N) is 1. The molecule has 1 rings (SSSR count). The van der Waals surface area contributed by atoms with Crippen LogP contribution in [0.3, 0.4) is 0 Å². The standard InChI is InChI=1S/C24H36BrNO4/c1-6-7-8-12-16-24(5,25)21(15-17-27)29-18-20(19-13-10-9-11-14-19)26-22(28)30-23(2,3)4/h9-11,13-15,17,20H,6-8,12,16,18H2,1-5H3,(H,26,28)/b21-15-/t20-,24+/m0/s1. The molecule has 1 aromatic rings. The number of alkyl carbamates (subject to hydrolysis) is 1. The van der Waals surface area contributed by atoms with Crippen LogP contribution in [0, 0.1) is 0 Å². The summed E-state index contributed by atoms with van der Waals surface area (Å²) in [6.45, 7) is 9.82. The first-order valence-electron chi connectivity index (χ1n) is 10.6. The van der Waals surface area contributed by atoms with Crippen LogP contribution in [-0.2, 0) is 14.3 Å². The fourth-order valence-corrected chi connectivity index (χ4v) is 3.50. The van der Waals surface area contributed by atoms with Crippen molar-refractivity contribution in [2.45, 2.75) is 82.7 Å². The zero-order valence-corrected chi connectivity index (χ0v) is 20.5. The van der Waals surface area contributed by atoms with Gasteiger partial charge in [-0.3, -0.25) is 4.79 Å². The third-order valence-corrected chi connectivity index (χ3v) is 5.32. The molecule has 168 valence electrons. The van der Waals surface area contributed by atoms with Gasteiger partial charge < -0.3 is 14.8 Å². The molecule has 1 aromatic carbocycles. The highest BCUT2D eigenvalue weighted by molar-refractivity contribution is 9.10. The van der Waals surface area contributed by atoms with Gasteiger partial charge in [-0.05, 0) is 39.7 Å². The van der Waals surface area contributed by atoms with E-state index in [2.05, 4.69) is 28.2 Å². The number of alkyl halides is 1. The number of halogens is 1. The molecule has 0 saturated carbocycles. The molecule has 6 heteroatoms. The monoisotopic (exact) mass is 481 g/mol. The molecule has 0 aliphatic carbocycles. The molecule has 0 radical (unpaired) electrons. The third kappa shape index (κ3) is 10.3. The van der Waals surface area contributed by atoms with Crippen LogP contribution >= 0.6 is 15.9 Å². The van der Waals surface area contributed by atoms with Crippen LogP contribution in [0.1, 0.15) is 78.3 Å². The van der Waals surface area contributed by atoms with Crippen LogP contribution in [0.4, 0.5) is 4.79 Å². The van der Waals surface area contributed by atoms with E-state index in [1.165, 1.54) is 18.9 Å². The van der Waals surface area contributed by atoms with Crippen molar-refractivity contribution in [2.75, 3.05) is 6.61 Å². The zero-order valence-electron chi connectivity index (χ0n) is 18.9. The van der Waals surface area contributed by atoms with E-state index in [0.29, 0.717) is 5.76 Å². The molecular formula is C24H36BrNO4. The molecule has 0 spiro atoms. The van der Waals surface area contributed by atoms with Gasteiger partial charge in [0, 0.05) is 6.08 Å². The predicted octanol–water partition coefficient (Wildman–Crippen LogP) is 6.48. The molecular weight excluding hydrogens is 446 g/mol. The van der Waals surface area contributed by atoms with E-state index in [-0.39, 0.29) is 6.61 Å². The Kier molecular flexibility index (Phi) is 11.2. The Balaban J connectivity index is 2.89. The molecule has 0 saturated heterocycles. The second kappa shape index (κ2) is 12.8. The Labute approximate surface area is 189 Å². The van der Waals surface area contributed by atoms with Crippen molar-refractivity contribution in [1.29, 1.82) is 0 Å². The van der Waals surface area contributed by atoms with Crippen LogP contribution in [0.5, 0.6) is 0 Å². The minimum Gasteiger partial charge on any atom is -0.494 e. The molecule has 0 unspecified atom stereocenters. The lowest BCUT2D eigenvalue weighted by Gasteiger charge is -2.29. The van der Waals surface area contributed by atoms with E-state index >= 15 is 0 Å². The van der Waals surface area contributed by atoms with Crippen LogP contribution in [0.25, 0.3) is 0 Å². The average Bonchev–Trinajstić information content (AvgIpc) is 2.66. The number of hydrogen-bond donors (Lipinski definition) is 1. The lowest BCUT2D eigenvalue weighted by Crippen LogP contribution is -2.37. The highest BCUT2D eigenvalue weighted by atomic mass is 79.9. The molecule has 5 nitrogen and oxygen atoms in total. The van der Waals surface area contributed by atoms with Crippen molar-refractivity contribution in [3.63, 3.8) is 0 Å². The van der Waals surface area contributed by atoms with Gasteiger partial charge in [-0.25, -0.2) is 4.79 Å². The van der Waals surface area contributed by atoms with Crippen molar-refractivity contribution in [1.82, 2.24) is 5.32 Å². The van der Waals surface area contributed by atoms with Gasteiger partial charge in [-0.15, -0.1) is 0 Å². The Morgan fingerprint density at radius 2 is 1.80 bits per heavy atom. The van der Waals surface area contributed by atoms with Gasteiger partial charge in [0.25, 0.3) is 0 Å². The normalized spacial score (nSPS) is 15.1. The summed E-state index contributed by atoms with van der Waals surface area (Å²) in [5.74, 6) is 0.556. The number of carbonyl (C=O) groups excluding carboxylic acids is 2. The number of hydrogen-bond acceptors (Lipinski definition) is 4. The topological polar surface area (TPSA) is 64.6 Å². The van der Waals surface area contributed by atoms with Gasteiger partial charge in [0.2, 0.25) is 0 Å². The second-order valence-electron chi connectivity index (χ2n) is 8.60. The van der Waals surface area contributed by atoms with E-state index in [1.54, 1.807) is 0 Å². The van der Waals surface area contributed by atoms with Crippen molar-refractivity contribution in [3.05, 3.63) is 47.7 Å². The first-order valence-corrected chi connectivity index (χ1v) is 11.4. The van der Waals surface area contributed by atoms with Crippen LogP contribution < -0.4 is 5.32 Å². The fourth-order valence-electron chi connectivity index (χ4n) is 2.97. The molecule has 0 aliphatic rings. The maximum Gasteiger partial charge on any atom is 0.408 e. The molecule has 0 aliphatic heterocycles. The largest absolute Gasteiger partial charge is 0.494 e. The van der Waals surface area contributed by atoms with E-state index in [0.717, 1.165) is 31.1 Å². The number of rotatable bonds is 12. The smallest absolute Gasteiger partial charge is 0.408 e. The molecule has 1 amide bonds. The molecule has 30 heavy (non-hydrogen) atoms. The summed E-state index contributed by atoms with van der Waals surface area (Å²) >= 11 is 3.73. The Hall–Kier alpha value is -1.82. The van der Waals surface area contributed by atoms with Gasteiger partial charge >= 0.3 is 6.09 Å². The molecule has 0 aromatic heterocycles. The summed E-state index contributed by atoms with van der Waals surface area (Å²) in [7, 11) is 0. The highest BCUT2D eigenvalue weighted by Crippen LogP contribution is 2.34. The minimum atomic E-state index is -0.596. The summed E-state index contributed by atoms with van der Waals surface area (Å²) in [6.07, 6.45) is 7.05. The summed E-state index contributed by atoms with van der Waals surface area (Å²) in [6, 6.07) is 9.16. The lowest BCUT2D eigenvalue weighted by molar-refractivity contribution is -0.104. The Bertz CT molecular complexity index is 680. The quantitative estimate of drug-likeness (QED) is 0.122. The van der Waals surface area contributed by atoms with Crippen LogP contribution in [0.15, 0.2) is 42.2 Å². The van der Waals surface area contributed by atoms with Gasteiger partial charge in [-0.2, -0.15) is 0 Å². The number of benzene rings is 1. The number of aldehydes is 1. The molecule has 0 bridgehead atoms. The second-order valence-corrected chi connectivity index (χ2v) is 10.3. The predicted molar refractivity (Wildman–Crippen MR) is 125 cm³/mol. The van der Waals surface area contributed by atoms with Crippen molar-refractivity contribution in [2.24, 2.45) is 0 Å². The Morgan fingerprint density at radius 1 is 1.13 bits per heavy atom. The minimum absolute atomic E-state index is 0.180. The zero-order chi connectivity index (χ0) is 22.6. The fraction of sp³-hybridized carbons (Fsp3) is 0.583. The summed E-state index contributed by atoms with van der Waals surface area (Å²) in [5, 5.41) is 2.88. The van der Waals surface area contributed by atoms with Gasteiger partial charge in [0.05, 0.1) is 10.4 Å². The average molecular weight is 482 g/mol. The van der Waals surface area contributed by atoms with Crippen molar-refractivity contribution in [3.8, 4) is 0 Å². The number of carbonyl (C=O) groups is 2. The maximum atomic E-state index is 12.3. The molecule has 1 N–H and O–H groups in total. The van der Waals surface area contributed by atoms with Crippen molar-refractivity contribution < 1.29 is 19.1 Å². The summed E-state index contributed by atoms with van der Waals surface area (Å²) in [4.78, 5) is 23.6. The van der Waals surface area contributed by atoms with E-state index in [4.69, 9.17) is 9.47 Å². The van der Waals surface area contributed by atoms with Crippen molar-refractivity contribution >= 4 is 28.3 Å². The molecule has 2 atom stereocenters. The first kappa shape index (κ1) is 26.2. The number of unbranched alkanes of at least 4 members (excludes halogenated alkanes) is 3. The third-order valence-electron chi connectivity index (χ3n) is 4.53. The number of allylic oxidation sites excluding steroid dienone is 2. The number of amides is 1. The molecule has 0 heterocycles. The first-order chi connectivity index (χ1) is 14.1. The van der Waals surface area contributed by atoms with Gasteiger partial charge in [0.15, 0.2) is 0 Å². The summed E-state index contributed by atoms with van der Waals surface area (Å²) < 4.78 is 11.0. The van der Waals surface area contributed by atoms with E-state index in [9.17, 15) is 9.59 Å². The summed E-state index contributed by atoms with van der Waals surface area (Å²) in [5.41, 5.74) is 0.301. The molecule has 0 fully saturated rings. The van der Waals surface area contributed by atoms with E-state index < -0.39 is 22.1 Å². The van der Waals surface area contributed by atoms with Crippen LogP contribution in [0.2, 0.25) is 0 Å². The van der Waals surface area contributed by atoms with E-state index in [1.807, 2.05) is 58.0 Å². The highest BCUT2D eigenvalue weighted by Gasteiger charge is 2.28. The van der Waals surface area contributed by atoms with Gasteiger partial charge in [0.1, 0.15) is 24.3 Å². The van der Waals surface area contributed by atoms with Gasteiger partial charge in [-0.1, -0.05) is 78.9 Å².